The van der Waals surface area contributed by atoms with Gasteiger partial charge < -0.3 is 0 Å². The predicted octanol–water partition coefficient (Wildman–Crippen LogP) is 5.91. The summed E-state index contributed by atoms with van der Waals surface area (Å²) in [6.45, 7) is 4.30. The van der Waals surface area contributed by atoms with Crippen LogP contribution in [-0.4, -0.2) is 16.1 Å². The van der Waals surface area contributed by atoms with E-state index in [4.69, 9.17) is 0 Å². The Morgan fingerprint density at radius 2 is 1.63 bits per heavy atom. The topological polar surface area (TPSA) is 54.9 Å². The van der Waals surface area contributed by atoms with Crippen LogP contribution in [0, 0.1) is 0 Å². The normalized spacial score (nSPS) is 12.1. The van der Waals surface area contributed by atoms with Gasteiger partial charge in [0.2, 0.25) is 11.0 Å². The molecular formula is C21H23N3OS2. The number of thioether (sulfide) groups is 1. The molecule has 2 aromatic carbocycles. The van der Waals surface area contributed by atoms with Crippen molar-refractivity contribution in [3.63, 3.8) is 0 Å². The molecule has 0 saturated heterocycles. The van der Waals surface area contributed by atoms with Gasteiger partial charge in [-0.25, -0.2) is 0 Å². The van der Waals surface area contributed by atoms with Crippen LogP contribution >= 0.6 is 23.1 Å². The van der Waals surface area contributed by atoms with Gasteiger partial charge in [0.25, 0.3) is 0 Å². The number of benzene rings is 2. The number of carbonyl (C=O) groups is 1. The number of aromatic nitrogens is 2. The number of nitrogens with one attached hydrogen (secondary N) is 1. The zero-order valence-corrected chi connectivity index (χ0v) is 17.1. The fourth-order valence-corrected chi connectivity index (χ4v) is 4.85. The van der Waals surface area contributed by atoms with Crippen LogP contribution in [0.4, 0.5) is 5.13 Å². The molecule has 0 radical (unpaired) electrons. The van der Waals surface area contributed by atoms with Crippen LogP contribution in [0.25, 0.3) is 0 Å². The number of carbonyl (C=O) groups excluding carboxylic acids is 1. The predicted molar refractivity (Wildman–Crippen MR) is 113 cm³/mol. The second-order valence-electron chi connectivity index (χ2n) is 6.17. The SMILES string of the molecule is CCC(CC)c1nnc(NC(=O)C(Sc2ccccc2)c2ccccc2)s1. The van der Waals surface area contributed by atoms with E-state index in [2.05, 4.69) is 29.4 Å². The lowest BCUT2D eigenvalue weighted by Crippen LogP contribution is -2.18. The van der Waals surface area contributed by atoms with Crippen molar-refractivity contribution in [2.75, 3.05) is 5.32 Å². The van der Waals surface area contributed by atoms with Crippen LogP contribution in [0.3, 0.4) is 0 Å². The minimum Gasteiger partial charge on any atom is -0.299 e. The smallest absolute Gasteiger partial charge is 0.244 e. The molecule has 140 valence electrons. The molecule has 6 heteroatoms. The Morgan fingerprint density at radius 1 is 1.00 bits per heavy atom. The van der Waals surface area contributed by atoms with Gasteiger partial charge in [0, 0.05) is 10.8 Å². The van der Waals surface area contributed by atoms with Gasteiger partial charge in [-0.2, -0.15) is 0 Å². The molecule has 0 bridgehead atoms. The Morgan fingerprint density at radius 3 is 2.26 bits per heavy atom. The molecule has 0 saturated carbocycles. The Hall–Kier alpha value is -2.18. The van der Waals surface area contributed by atoms with E-state index >= 15 is 0 Å². The van der Waals surface area contributed by atoms with E-state index in [9.17, 15) is 4.79 Å². The van der Waals surface area contributed by atoms with E-state index in [0.717, 1.165) is 28.3 Å². The first-order valence-electron chi connectivity index (χ1n) is 9.12. The number of amides is 1. The fourth-order valence-electron chi connectivity index (χ4n) is 2.79. The molecule has 1 unspecified atom stereocenters. The van der Waals surface area contributed by atoms with Crippen molar-refractivity contribution in [1.29, 1.82) is 0 Å². The summed E-state index contributed by atoms with van der Waals surface area (Å²) in [7, 11) is 0. The quantitative estimate of drug-likeness (QED) is 0.480. The molecule has 3 rings (SSSR count). The fraction of sp³-hybridized carbons (Fsp3) is 0.286. The van der Waals surface area contributed by atoms with Gasteiger partial charge >= 0.3 is 0 Å². The molecule has 1 amide bonds. The first kappa shape index (κ1) is 19.6. The lowest BCUT2D eigenvalue weighted by Gasteiger charge is -2.16. The molecule has 0 fully saturated rings. The van der Waals surface area contributed by atoms with Crippen LogP contribution in [0.1, 0.15) is 48.4 Å². The van der Waals surface area contributed by atoms with Gasteiger partial charge in [-0.3, -0.25) is 10.1 Å². The molecule has 1 heterocycles. The summed E-state index contributed by atoms with van der Waals surface area (Å²) in [6.07, 6.45) is 2.05. The summed E-state index contributed by atoms with van der Waals surface area (Å²) in [5.41, 5.74) is 0.966. The standard InChI is InChI=1S/C21H23N3OS2/c1-3-15(4-2)20-23-24-21(27-20)22-19(25)18(16-11-7-5-8-12-16)26-17-13-9-6-10-14-17/h5-15,18H,3-4H2,1-2H3,(H,22,24,25). The van der Waals surface area contributed by atoms with E-state index in [-0.39, 0.29) is 11.2 Å². The van der Waals surface area contributed by atoms with Gasteiger partial charge in [-0.05, 0) is 30.5 Å². The maximum Gasteiger partial charge on any atom is 0.244 e. The van der Waals surface area contributed by atoms with E-state index in [1.54, 1.807) is 0 Å². The van der Waals surface area contributed by atoms with Crippen LogP contribution in [-0.2, 0) is 4.79 Å². The third-order valence-electron chi connectivity index (χ3n) is 4.34. The number of hydrogen-bond acceptors (Lipinski definition) is 5. The van der Waals surface area contributed by atoms with Crippen molar-refractivity contribution in [3.05, 3.63) is 71.2 Å². The monoisotopic (exact) mass is 397 g/mol. The van der Waals surface area contributed by atoms with Crippen molar-refractivity contribution in [3.8, 4) is 0 Å². The average molecular weight is 398 g/mol. The van der Waals surface area contributed by atoms with Gasteiger partial charge in [-0.1, -0.05) is 73.7 Å². The minimum atomic E-state index is -0.353. The lowest BCUT2D eigenvalue weighted by atomic mass is 10.1. The Balaban J connectivity index is 1.79. The molecule has 1 aromatic heterocycles. The molecule has 3 aromatic rings. The Kier molecular flexibility index (Phi) is 7.01. The molecule has 0 aliphatic rings. The summed E-state index contributed by atoms with van der Waals surface area (Å²) in [5, 5.41) is 12.6. The van der Waals surface area contributed by atoms with Crippen LogP contribution in [0.2, 0.25) is 0 Å². The van der Waals surface area contributed by atoms with Crippen molar-refractivity contribution in [2.24, 2.45) is 0 Å². The summed E-state index contributed by atoms with van der Waals surface area (Å²) < 4.78 is 0. The van der Waals surface area contributed by atoms with Crippen LogP contribution in [0.15, 0.2) is 65.6 Å². The summed E-state index contributed by atoms with van der Waals surface area (Å²) >= 11 is 3.01. The van der Waals surface area contributed by atoms with E-state index in [0.29, 0.717) is 11.0 Å². The number of hydrogen-bond donors (Lipinski definition) is 1. The number of rotatable bonds is 8. The largest absolute Gasteiger partial charge is 0.299 e. The highest BCUT2D eigenvalue weighted by Gasteiger charge is 2.24. The van der Waals surface area contributed by atoms with E-state index in [1.165, 1.54) is 23.1 Å². The molecule has 1 N–H and O–H groups in total. The summed E-state index contributed by atoms with van der Waals surface area (Å²) in [4.78, 5) is 14.1. The zero-order chi connectivity index (χ0) is 19.1. The van der Waals surface area contributed by atoms with E-state index < -0.39 is 0 Å². The maximum absolute atomic E-state index is 13.0. The maximum atomic E-state index is 13.0. The third kappa shape index (κ3) is 5.17. The lowest BCUT2D eigenvalue weighted by molar-refractivity contribution is -0.115. The molecule has 4 nitrogen and oxygen atoms in total. The molecule has 0 aliphatic heterocycles. The second kappa shape index (κ2) is 9.67. The van der Waals surface area contributed by atoms with Crippen molar-refractivity contribution >= 4 is 34.1 Å². The second-order valence-corrected chi connectivity index (χ2v) is 8.36. The molecule has 27 heavy (non-hydrogen) atoms. The van der Waals surface area contributed by atoms with Crippen molar-refractivity contribution in [2.45, 2.75) is 42.8 Å². The third-order valence-corrected chi connectivity index (χ3v) is 6.61. The molecular weight excluding hydrogens is 374 g/mol. The van der Waals surface area contributed by atoms with Gasteiger partial charge in [0.1, 0.15) is 10.3 Å². The number of nitrogens with zero attached hydrogens (tertiary/aromatic N) is 2. The van der Waals surface area contributed by atoms with Crippen LogP contribution in [0.5, 0.6) is 0 Å². The average Bonchev–Trinajstić information content (AvgIpc) is 3.16. The molecule has 1 atom stereocenters. The zero-order valence-electron chi connectivity index (χ0n) is 15.5. The van der Waals surface area contributed by atoms with E-state index in [1.807, 2.05) is 60.7 Å². The molecule has 0 aliphatic carbocycles. The van der Waals surface area contributed by atoms with Gasteiger partial charge in [0.05, 0.1) is 0 Å². The Labute approximate surface area is 168 Å². The highest BCUT2D eigenvalue weighted by atomic mass is 32.2. The summed E-state index contributed by atoms with van der Waals surface area (Å²) in [6, 6.07) is 19.8. The highest BCUT2D eigenvalue weighted by molar-refractivity contribution is 8.00. The minimum absolute atomic E-state index is 0.0812. The van der Waals surface area contributed by atoms with Gasteiger partial charge in [0.15, 0.2) is 0 Å². The first-order chi connectivity index (χ1) is 13.2. The van der Waals surface area contributed by atoms with Crippen LogP contribution < -0.4 is 5.32 Å². The first-order valence-corrected chi connectivity index (χ1v) is 10.8. The number of anilines is 1. The van der Waals surface area contributed by atoms with Crippen molar-refractivity contribution in [1.82, 2.24) is 10.2 Å². The highest BCUT2D eigenvalue weighted by Crippen LogP contribution is 2.36. The Bertz CT molecular complexity index is 848. The van der Waals surface area contributed by atoms with Gasteiger partial charge in [-0.15, -0.1) is 22.0 Å². The summed E-state index contributed by atoms with van der Waals surface area (Å²) in [5.74, 6) is 0.319. The molecule has 0 spiro atoms. The van der Waals surface area contributed by atoms with Crippen molar-refractivity contribution < 1.29 is 4.79 Å².